The summed E-state index contributed by atoms with van der Waals surface area (Å²) in [6.07, 6.45) is 1.71. The number of fused-ring (bicyclic) bond motifs is 1. The molecule has 0 aliphatic carbocycles. The number of thiazole rings is 1. The Labute approximate surface area is 234 Å². The average molecular weight is 561 g/mol. The van der Waals surface area contributed by atoms with Crippen LogP contribution in [0.3, 0.4) is 0 Å². The number of esters is 1. The van der Waals surface area contributed by atoms with Crippen LogP contribution in [0.4, 0.5) is 0 Å². The fourth-order valence-electron chi connectivity index (χ4n) is 4.47. The van der Waals surface area contributed by atoms with E-state index in [2.05, 4.69) is 0 Å². The van der Waals surface area contributed by atoms with Crippen LogP contribution in [0.1, 0.15) is 42.8 Å². The Morgan fingerprint density at radius 2 is 1.90 bits per heavy atom. The first-order valence-corrected chi connectivity index (χ1v) is 14.3. The molecule has 7 nitrogen and oxygen atoms in total. The van der Waals surface area contributed by atoms with Gasteiger partial charge in [0.05, 0.1) is 35.6 Å². The van der Waals surface area contributed by atoms with Crippen LogP contribution in [-0.4, -0.2) is 30.4 Å². The van der Waals surface area contributed by atoms with Gasteiger partial charge in [0.25, 0.3) is 5.56 Å². The number of hydrogen-bond donors (Lipinski definition) is 0. The smallest absolute Gasteiger partial charge is 0.338 e. The van der Waals surface area contributed by atoms with Gasteiger partial charge in [-0.2, -0.15) is 0 Å². The van der Waals surface area contributed by atoms with Gasteiger partial charge in [-0.25, -0.2) is 9.79 Å². The third-order valence-electron chi connectivity index (χ3n) is 6.06. The third kappa shape index (κ3) is 5.20. The molecule has 0 saturated carbocycles. The second-order valence-corrected chi connectivity index (χ2v) is 11.0. The summed E-state index contributed by atoms with van der Waals surface area (Å²) in [5, 5.41) is 1.93. The molecule has 0 amide bonds. The van der Waals surface area contributed by atoms with Gasteiger partial charge in [0.15, 0.2) is 16.3 Å². The fraction of sp³-hybridized carbons (Fsp3) is 0.233. The normalized spacial score (nSPS) is 15.2. The van der Waals surface area contributed by atoms with Gasteiger partial charge in [-0.3, -0.25) is 9.36 Å². The van der Waals surface area contributed by atoms with E-state index in [0.29, 0.717) is 37.7 Å². The molecular weight excluding hydrogens is 532 g/mol. The quantitative estimate of drug-likeness (QED) is 0.290. The van der Waals surface area contributed by atoms with Crippen LogP contribution in [-0.2, 0) is 9.53 Å². The zero-order valence-electron chi connectivity index (χ0n) is 22.0. The van der Waals surface area contributed by atoms with Crippen molar-refractivity contribution in [1.82, 2.24) is 4.57 Å². The van der Waals surface area contributed by atoms with Crippen LogP contribution < -0.4 is 24.4 Å². The van der Waals surface area contributed by atoms with Crippen LogP contribution >= 0.6 is 22.7 Å². The maximum atomic E-state index is 14.0. The van der Waals surface area contributed by atoms with E-state index in [1.165, 1.54) is 22.7 Å². The van der Waals surface area contributed by atoms with Crippen molar-refractivity contribution in [2.24, 2.45) is 4.99 Å². The number of rotatable bonds is 8. The Balaban J connectivity index is 1.79. The monoisotopic (exact) mass is 560 g/mol. The van der Waals surface area contributed by atoms with Crippen molar-refractivity contribution in [3.05, 3.63) is 107 Å². The highest BCUT2D eigenvalue weighted by Crippen LogP contribution is 2.37. The van der Waals surface area contributed by atoms with Gasteiger partial charge in [-0.05, 0) is 44.4 Å². The lowest BCUT2D eigenvalue weighted by atomic mass is 9.97. The number of ether oxygens (including phenoxy) is 3. The molecule has 4 aromatic rings. The molecular formula is C30H28N2O5S2. The minimum absolute atomic E-state index is 0.0888. The number of aromatic nitrogens is 1. The predicted octanol–water partition coefficient (Wildman–Crippen LogP) is 4.79. The highest BCUT2D eigenvalue weighted by Gasteiger charge is 2.35. The molecule has 2 aromatic carbocycles. The van der Waals surface area contributed by atoms with Gasteiger partial charge in [0.2, 0.25) is 0 Å². The van der Waals surface area contributed by atoms with E-state index in [-0.39, 0.29) is 18.3 Å². The van der Waals surface area contributed by atoms with Crippen molar-refractivity contribution in [3.63, 3.8) is 0 Å². The molecule has 0 fully saturated rings. The van der Waals surface area contributed by atoms with Crippen molar-refractivity contribution in [1.29, 1.82) is 0 Å². The Kier molecular flexibility index (Phi) is 7.81. The van der Waals surface area contributed by atoms with E-state index in [1.54, 1.807) is 24.7 Å². The van der Waals surface area contributed by atoms with Crippen LogP contribution in [0.2, 0.25) is 0 Å². The third-order valence-corrected chi connectivity index (χ3v) is 7.96. The topological polar surface area (TPSA) is 79.1 Å². The maximum Gasteiger partial charge on any atom is 0.338 e. The van der Waals surface area contributed by atoms with E-state index < -0.39 is 12.0 Å². The standard InChI is InChI=1S/C30H28N2O5S2/c1-5-36-29(34)24-25(19-11-7-6-8-12-19)31-30-32(26(24)22-15-10-16-38-22)28(33)23(39-30)17-20-13-9-14-21(35-4)27(20)37-18(2)3/h6-18,26H,5H2,1-4H3/b23-17-/t26-/m0/s1. The lowest BCUT2D eigenvalue weighted by Gasteiger charge is -2.24. The maximum absolute atomic E-state index is 14.0. The molecule has 1 atom stereocenters. The predicted molar refractivity (Wildman–Crippen MR) is 154 cm³/mol. The molecule has 0 N–H and O–H groups in total. The highest BCUT2D eigenvalue weighted by atomic mass is 32.1. The summed E-state index contributed by atoms with van der Waals surface area (Å²) in [7, 11) is 1.59. The first kappa shape index (κ1) is 26.6. The Hall–Kier alpha value is -3.95. The number of para-hydroxylation sites is 1. The number of nitrogens with zero attached hydrogens (tertiary/aromatic N) is 2. The van der Waals surface area contributed by atoms with Crippen LogP contribution in [0, 0.1) is 0 Å². The minimum atomic E-state index is -0.672. The molecule has 5 rings (SSSR count). The summed E-state index contributed by atoms with van der Waals surface area (Å²) in [5.41, 5.74) is 2.10. The molecule has 0 radical (unpaired) electrons. The van der Waals surface area contributed by atoms with E-state index >= 15 is 0 Å². The summed E-state index contributed by atoms with van der Waals surface area (Å²) in [6, 6.07) is 18.2. The average Bonchev–Trinajstić information content (AvgIpc) is 3.57. The van der Waals surface area contributed by atoms with Crippen LogP contribution in [0.15, 0.2) is 81.4 Å². The van der Waals surface area contributed by atoms with Gasteiger partial charge in [-0.15, -0.1) is 11.3 Å². The first-order chi connectivity index (χ1) is 18.9. The van der Waals surface area contributed by atoms with Crippen molar-refractivity contribution in [3.8, 4) is 11.5 Å². The summed E-state index contributed by atoms with van der Waals surface area (Å²) in [4.78, 5) is 33.7. The fourth-order valence-corrected chi connectivity index (χ4v) is 6.28. The second kappa shape index (κ2) is 11.4. The van der Waals surface area contributed by atoms with E-state index in [4.69, 9.17) is 19.2 Å². The Morgan fingerprint density at radius 1 is 1.10 bits per heavy atom. The molecule has 0 saturated heterocycles. The molecule has 0 bridgehead atoms. The largest absolute Gasteiger partial charge is 0.493 e. The van der Waals surface area contributed by atoms with Gasteiger partial charge >= 0.3 is 5.97 Å². The summed E-state index contributed by atoms with van der Waals surface area (Å²) in [5.74, 6) is 0.652. The molecule has 3 heterocycles. The molecule has 1 aliphatic rings. The zero-order chi connectivity index (χ0) is 27.5. The van der Waals surface area contributed by atoms with Gasteiger partial charge in [0, 0.05) is 16.0 Å². The zero-order valence-corrected chi connectivity index (χ0v) is 23.7. The van der Waals surface area contributed by atoms with Crippen molar-refractivity contribution >= 4 is 40.4 Å². The molecule has 1 aliphatic heterocycles. The van der Waals surface area contributed by atoms with E-state index in [9.17, 15) is 9.59 Å². The molecule has 0 spiro atoms. The Morgan fingerprint density at radius 3 is 2.56 bits per heavy atom. The molecule has 0 unspecified atom stereocenters. The van der Waals surface area contributed by atoms with Gasteiger partial charge < -0.3 is 14.2 Å². The summed E-state index contributed by atoms with van der Waals surface area (Å²) in [6.45, 7) is 5.85. The van der Waals surface area contributed by atoms with E-state index in [1.807, 2.05) is 79.9 Å². The first-order valence-electron chi connectivity index (χ1n) is 12.6. The Bertz CT molecular complexity index is 1700. The molecule has 39 heavy (non-hydrogen) atoms. The summed E-state index contributed by atoms with van der Waals surface area (Å²) >= 11 is 2.75. The second-order valence-electron chi connectivity index (χ2n) is 8.99. The van der Waals surface area contributed by atoms with Crippen LogP contribution in [0.5, 0.6) is 11.5 Å². The van der Waals surface area contributed by atoms with Crippen LogP contribution in [0.25, 0.3) is 11.8 Å². The van der Waals surface area contributed by atoms with Crippen molar-refractivity contribution < 1.29 is 19.0 Å². The van der Waals surface area contributed by atoms with Gasteiger partial charge in [-0.1, -0.05) is 59.9 Å². The lowest BCUT2D eigenvalue weighted by molar-refractivity contribution is -0.138. The number of carbonyl (C=O) groups excluding carboxylic acids is 1. The molecule has 9 heteroatoms. The molecule has 200 valence electrons. The SMILES string of the molecule is CCOC(=O)C1=C(c2ccccc2)N=c2s/c(=C\c3cccc(OC)c3OC(C)C)c(=O)n2[C@H]1c1cccs1. The minimum Gasteiger partial charge on any atom is -0.493 e. The number of benzene rings is 2. The number of carbonyl (C=O) groups is 1. The van der Waals surface area contributed by atoms with Crippen molar-refractivity contribution in [2.75, 3.05) is 13.7 Å². The highest BCUT2D eigenvalue weighted by molar-refractivity contribution is 7.10. The van der Waals surface area contributed by atoms with E-state index in [0.717, 1.165) is 10.4 Å². The van der Waals surface area contributed by atoms with Crippen molar-refractivity contribution in [2.45, 2.75) is 32.9 Å². The number of hydrogen-bond acceptors (Lipinski definition) is 8. The van der Waals surface area contributed by atoms with Gasteiger partial charge in [0.1, 0.15) is 6.04 Å². The summed E-state index contributed by atoms with van der Waals surface area (Å²) < 4.78 is 19.2. The molecule has 2 aromatic heterocycles. The lowest BCUT2D eigenvalue weighted by Crippen LogP contribution is -2.39. The number of thiophene rings is 1. The number of methoxy groups -OCH3 is 1.